The average Bonchev–Trinajstić information content (AvgIpc) is 2.59. The van der Waals surface area contributed by atoms with E-state index >= 15 is 0 Å². The number of hydrogen-bond acceptors (Lipinski definition) is 1. The van der Waals surface area contributed by atoms with Crippen LogP contribution in [0.1, 0.15) is 87.0 Å². The van der Waals surface area contributed by atoms with Crippen LogP contribution in [0, 0.1) is 5.92 Å². The molecule has 0 aromatic rings. The first-order valence-corrected chi connectivity index (χ1v) is 24.6. The van der Waals surface area contributed by atoms with Crippen molar-refractivity contribution in [1.29, 1.82) is 0 Å². The van der Waals surface area contributed by atoms with Gasteiger partial charge in [-0.15, -0.1) is 0 Å². The summed E-state index contributed by atoms with van der Waals surface area (Å²) < 4.78 is 12.8. The Morgan fingerprint density at radius 1 is 0.964 bits per heavy atom. The summed E-state index contributed by atoms with van der Waals surface area (Å²) in [6.07, 6.45) is 8.51. The third-order valence-corrected chi connectivity index (χ3v) is 26.6. The van der Waals surface area contributed by atoms with Gasteiger partial charge in [-0.2, -0.15) is 0 Å². The van der Waals surface area contributed by atoms with Crippen LogP contribution in [0.5, 0.6) is 0 Å². The Hall–Kier alpha value is 0.772. The van der Waals surface area contributed by atoms with Crippen LogP contribution in [0.3, 0.4) is 0 Å². The molecular formula is C24H52OSi2Sn. The van der Waals surface area contributed by atoms with Gasteiger partial charge >= 0.3 is 187 Å². The van der Waals surface area contributed by atoms with Gasteiger partial charge in [0.05, 0.1) is 0 Å². The quantitative estimate of drug-likeness (QED) is 0.143. The number of rotatable bonds is 16. The van der Waals surface area contributed by atoms with Crippen LogP contribution in [0.2, 0.25) is 42.4 Å². The second-order valence-electron chi connectivity index (χ2n) is 10.9. The maximum atomic E-state index is 6.46. The predicted octanol–water partition coefficient (Wildman–Crippen LogP) is 9.09. The summed E-state index contributed by atoms with van der Waals surface area (Å²) >= 11 is -2.16. The van der Waals surface area contributed by atoms with Crippen LogP contribution in [0.4, 0.5) is 0 Å². The molecule has 0 amide bonds. The first-order chi connectivity index (χ1) is 12.9. The molecule has 0 aliphatic carbocycles. The molecule has 2 radical (unpaired) electrons. The summed E-state index contributed by atoms with van der Waals surface area (Å²) in [5.74, 6) is 1.88. The molecule has 1 nitrogen and oxygen atoms in total. The minimum atomic E-state index is -2.16. The van der Waals surface area contributed by atoms with Crippen LogP contribution in [0.15, 0.2) is 11.5 Å². The van der Waals surface area contributed by atoms with Crippen molar-refractivity contribution in [2.45, 2.75) is 129 Å². The van der Waals surface area contributed by atoms with Crippen molar-refractivity contribution < 1.29 is 4.43 Å². The van der Waals surface area contributed by atoms with Gasteiger partial charge in [0.1, 0.15) is 0 Å². The SMILES string of the molecule is CCC[CH2][Sn]([CH2]CCC)([CH2]CCC)[CH2]C(C)([Si]O/C(C)=C\[Si](C)(C)C)C(C)C. The molecule has 0 aromatic carbocycles. The standard InChI is InChI=1S/C12H25OSi2.3C4H9.Sn/c1-10(2)12(4,5)14-13-11(3)9-15(6,7)8;3*1-3-4-2;/h9-10H,4H2,1-3,5-8H3;3*1,3-4H2,2H3;/b11-9-;;;;. The second kappa shape index (κ2) is 14.0. The fraction of sp³-hybridized carbons (Fsp3) is 0.917. The third kappa shape index (κ3) is 11.8. The maximum absolute atomic E-state index is 6.46. The van der Waals surface area contributed by atoms with E-state index in [1.165, 1.54) is 48.7 Å². The van der Waals surface area contributed by atoms with Gasteiger partial charge in [-0.25, -0.2) is 0 Å². The second-order valence-corrected chi connectivity index (χ2v) is 31.3. The van der Waals surface area contributed by atoms with Crippen molar-refractivity contribution in [3.63, 3.8) is 0 Å². The molecule has 0 N–H and O–H groups in total. The van der Waals surface area contributed by atoms with Gasteiger partial charge in [0.25, 0.3) is 0 Å². The molecule has 0 saturated carbocycles. The monoisotopic (exact) mass is 532 g/mol. The minimum absolute atomic E-state index is 0.361. The van der Waals surface area contributed by atoms with E-state index in [9.17, 15) is 0 Å². The topological polar surface area (TPSA) is 9.23 Å². The molecule has 166 valence electrons. The van der Waals surface area contributed by atoms with Gasteiger partial charge in [0.2, 0.25) is 0 Å². The van der Waals surface area contributed by atoms with E-state index in [2.05, 4.69) is 73.8 Å². The van der Waals surface area contributed by atoms with E-state index in [0.29, 0.717) is 20.7 Å². The molecule has 1 atom stereocenters. The first kappa shape index (κ1) is 28.8. The average molecular weight is 532 g/mol. The summed E-state index contributed by atoms with van der Waals surface area (Å²) in [6, 6.07) is 0. The summed E-state index contributed by atoms with van der Waals surface area (Å²) in [7, 11) is -0.595. The van der Waals surface area contributed by atoms with Gasteiger partial charge in [0.15, 0.2) is 0 Å². The Morgan fingerprint density at radius 3 is 1.71 bits per heavy atom. The number of allylic oxidation sites excluding steroid dienone is 1. The summed E-state index contributed by atoms with van der Waals surface area (Å²) in [4.78, 5) is 0. The van der Waals surface area contributed by atoms with Gasteiger partial charge in [0, 0.05) is 0 Å². The van der Waals surface area contributed by atoms with Crippen molar-refractivity contribution in [2.75, 3.05) is 0 Å². The fourth-order valence-corrected chi connectivity index (χ4v) is 28.3. The Bertz CT molecular complexity index is 421. The van der Waals surface area contributed by atoms with E-state index in [1.54, 1.807) is 13.3 Å². The normalized spacial score (nSPS) is 15.8. The van der Waals surface area contributed by atoms with Crippen LogP contribution in [0.25, 0.3) is 0 Å². The van der Waals surface area contributed by atoms with Crippen molar-refractivity contribution in [2.24, 2.45) is 5.92 Å². The van der Waals surface area contributed by atoms with Crippen LogP contribution < -0.4 is 0 Å². The molecule has 0 heterocycles. The van der Waals surface area contributed by atoms with Crippen molar-refractivity contribution >= 4 is 36.2 Å². The van der Waals surface area contributed by atoms with Gasteiger partial charge in [-0.1, -0.05) is 0 Å². The van der Waals surface area contributed by atoms with Gasteiger partial charge in [-0.05, 0) is 0 Å². The molecule has 0 bridgehead atoms. The molecule has 4 heteroatoms. The number of hydrogen-bond donors (Lipinski definition) is 0. The van der Waals surface area contributed by atoms with Crippen LogP contribution in [-0.2, 0) is 4.43 Å². The Morgan fingerprint density at radius 2 is 1.39 bits per heavy atom. The summed E-state index contributed by atoms with van der Waals surface area (Å²) in [6.45, 7) is 24.0. The Kier molecular flexibility index (Phi) is 14.3. The molecule has 0 spiro atoms. The summed E-state index contributed by atoms with van der Waals surface area (Å²) in [5, 5.41) is 0.361. The zero-order valence-corrected chi connectivity index (χ0v) is 26.0. The van der Waals surface area contributed by atoms with E-state index in [1.807, 2.05) is 0 Å². The third-order valence-electron chi connectivity index (χ3n) is 6.28. The molecule has 0 aliphatic rings. The van der Waals surface area contributed by atoms with Crippen LogP contribution >= 0.6 is 0 Å². The molecular weight excluding hydrogens is 479 g/mol. The molecule has 0 saturated heterocycles. The molecule has 1 unspecified atom stereocenters. The molecule has 28 heavy (non-hydrogen) atoms. The van der Waals surface area contributed by atoms with Crippen molar-refractivity contribution in [1.82, 2.24) is 0 Å². The van der Waals surface area contributed by atoms with E-state index in [-0.39, 0.29) is 0 Å². The van der Waals surface area contributed by atoms with Crippen LogP contribution in [-0.4, -0.2) is 36.2 Å². The molecule has 0 rings (SSSR count). The zero-order valence-electron chi connectivity index (χ0n) is 21.1. The van der Waals surface area contributed by atoms with E-state index < -0.39 is 26.5 Å². The molecule has 0 fully saturated rings. The van der Waals surface area contributed by atoms with E-state index in [4.69, 9.17) is 4.43 Å². The number of unbranched alkanes of at least 4 members (excludes halogenated alkanes) is 3. The van der Waals surface area contributed by atoms with Gasteiger partial charge in [-0.3, -0.25) is 0 Å². The van der Waals surface area contributed by atoms with E-state index in [0.717, 1.165) is 0 Å². The van der Waals surface area contributed by atoms with Crippen molar-refractivity contribution in [3.8, 4) is 0 Å². The Labute approximate surface area is 186 Å². The fourth-order valence-electron chi connectivity index (χ4n) is 4.27. The van der Waals surface area contributed by atoms with Gasteiger partial charge < -0.3 is 0 Å². The zero-order chi connectivity index (χ0) is 21.8. The molecule has 0 aromatic heterocycles. The first-order valence-electron chi connectivity index (χ1n) is 12.1. The predicted molar refractivity (Wildman–Crippen MR) is 137 cm³/mol. The molecule has 0 aliphatic heterocycles. The Balaban J connectivity index is 5.54. The van der Waals surface area contributed by atoms with Crippen molar-refractivity contribution in [3.05, 3.63) is 11.5 Å². The summed E-state index contributed by atoms with van der Waals surface area (Å²) in [5.41, 5.74) is 2.43.